The van der Waals surface area contributed by atoms with Gasteiger partial charge in [-0.25, -0.2) is 0 Å². The number of amides is 1. The first-order valence-electron chi connectivity index (χ1n) is 9.72. The van der Waals surface area contributed by atoms with Crippen LogP contribution in [-0.2, 0) is 0 Å². The van der Waals surface area contributed by atoms with Crippen molar-refractivity contribution in [3.63, 3.8) is 0 Å². The maximum atomic E-state index is 12.7. The lowest BCUT2D eigenvalue weighted by Crippen LogP contribution is -2.49. The molecule has 1 fully saturated rings. The van der Waals surface area contributed by atoms with Crippen molar-refractivity contribution < 1.29 is 4.79 Å². The van der Waals surface area contributed by atoms with E-state index in [0.717, 1.165) is 34.6 Å². The molecule has 6 heteroatoms. The fourth-order valence-electron chi connectivity index (χ4n) is 3.68. The number of benzene rings is 2. The molecular formula is C23H23BrN4O. The Morgan fingerprint density at radius 2 is 1.72 bits per heavy atom. The lowest BCUT2D eigenvalue weighted by atomic mass is 10.0. The topological polar surface area (TPSA) is 49.3 Å². The first-order chi connectivity index (χ1) is 14.0. The van der Waals surface area contributed by atoms with Crippen molar-refractivity contribution in [3.8, 4) is 11.3 Å². The van der Waals surface area contributed by atoms with Crippen LogP contribution in [0.15, 0.2) is 59.1 Å². The van der Waals surface area contributed by atoms with Crippen LogP contribution in [0.25, 0.3) is 11.3 Å². The van der Waals surface area contributed by atoms with E-state index in [1.165, 1.54) is 11.1 Å². The van der Waals surface area contributed by atoms with Gasteiger partial charge in [-0.3, -0.25) is 4.79 Å². The predicted octanol–water partition coefficient (Wildman–Crippen LogP) is 4.49. The van der Waals surface area contributed by atoms with Gasteiger partial charge in [0.25, 0.3) is 5.91 Å². The van der Waals surface area contributed by atoms with Gasteiger partial charge in [-0.1, -0.05) is 45.8 Å². The number of nitrogens with zero attached hydrogens (tertiary/aromatic N) is 4. The van der Waals surface area contributed by atoms with Crippen LogP contribution in [0.4, 0.5) is 5.82 Å². The molecule has 0 spiro atoms. The van der Waals surface area contributed by atoms with E-state index < -0.39 is 0 Å². The first-order valence-corrected chi connectivity index (χ1v) is 10.5. The first kappa shape index (κ1) is 19.6. The molecule has 0 saturated carbocycles. The fraction of sp³-hybridized carbons (Fsp3) is 0.261. The minimum atomic E-state index is 0.0715. The van der Waals surface area contributed by atoms with Crippen LogP contribution in [0.2, 0.25) is 0 Å². The number of hydrogen-bond acceptors (Lipinski definition) is 4. The molecule has 1 aliphatic rings. The van der Waals surface area contributed by atoms with E-state index in [4.69, 9.17) is 0 Å². The second-order valence-corrected chi connectivity index (χ2v) is 8.30. The highest BCUT2D eigenvalue weighted by atomic mass is 79.9. The van der Waals surface area contributed by atoms with Gasteiger partial charge >= 0.3 is 0 Å². The Labute approximate surface area is 179 Å². The Balaban J connectivity index is 1.41. The normalized spacial score (nSPS) is 14.2. The van der Waals surface area contributed by atoms with E-state index in [0.29, 0.717) is 18.7 Å². The second-order valence-electron chi connectivity index (χ2n) is 7.38. The summed E-state index contributed by atoms with van der Waals surface area (Å²) in [7, 11) is 0. The summed E-state index contributed by atoms with van der Waals surface area (Å²) in [6.07, 6.45) is 0. The molecular weight excluding hydrogens is 428 g/mol. The average Bonchev–Trinajstić information content (AvgIpc) is 2.74. The van der Waals surface area contributed by atoms with Gasteiger partial charge in [0.1, 0.15) is 0 Å². The van der Waals surface area contributed by atoms with Gasteiger partial charge in [0.2, 0.25) is 0 Å². The van der Waals surface area contributed by atoms with Gasteiger partial charge in [-0.15, -0.1) is 10.2 Å². The third-order valence-electron chi connectivity index (χ3n) is 5.27. The average molecular weight is 451 g/mol. The van der Waals surface area contributed by atoms with Crippen molar-refractivity contribution in [1.29, 1.82) is 0 Å². The number of hydrogen-bond donors (Lipinski definition) is 0. The Morgan fingerprint density at radius 3 is 2.38 bits per heavy atom. The summed E-state index contributed by atoms with van der Waals surface area (Å²) in [6.45, 7) is 7.03. The van der Waals surface area contributed by atoms with Gasteiger partial charge in [-0.2, -0.15) is 0 Å². The van der Waals surface area contributed by atoms with Crippen LogP contribution in [0, 0.1) is 13.8 Å². The van der Waals surface area contributed by atoms with Gasteiger partial charge < -0.3 is 9.80 Å². The van der Waals surface area contributed by atoms with Crippen molar-refractivity contribution in [2.75, 3.05) is 31.1 Å². The van der Waals surface area contributed by atoms with Crippen molar-refractivity contribution >= 4 is 27.7 Å². The molecule has 0 aliphatic carbocycles. The van der Waals surface area contributed by atoms with Gasteiger partial charge in [0.05, 0.1) is 5.69 Å². The van der Waals surface area contributed by atoms with Crippen LogP contribution in [0.1, 0.15) is 21.5 Å². The van der Waals surface area contributed by atoms with E-state index in [1.54, 1.807) is 0 Å². The Hall–Kier alpha value is -2.73. The van der Waals surface area contributed by atoms with Gasteiger partial charge in [-0.05, 0) is 49.7 Å². The molecule has 0 radical (unpaired) electrons. The number of aryl methyl sites for hydroxylation is 2. The molecule has 0 N–H and O–H groups in total. The number of piperazine rings is 1. The monoisotopic (exact) mass is 450 g/mol. The smallest absolute Gasteiger partial charge is 0.254 e. The zero-order chi connectivity index (χ0) is 20.4. The van der Waals surface area contributed by atoms with Gasteiger partial charge in [0, 0.05) is 41.8 Å². The van der Waals surface area contributed by atoms with Crippen LogP contribution in [0.5, 0.6) is 0 Å². The summed E-state index contributed by atoms with van der Waals surface area (Å²) in [5, 5.41) is 8.90. The number of halogens is 1. The highest BCUT2D eigenvalue weighted by Gasteiger charge is 2.23. The van der Waals surface area contributed by atoms with E-state index in [1.807, 2.05) is 41.3 Å². The standard InChI is InChI=1S/C23H23BrN4O/c1-16-6-7-20(17(2)14-16)21-8-9-22(26-25-21)27-10-12-28(13-11-27)23(29)18-4-3-5-19(24)15-18/h3-9,14-15H,10-13H2,1-2H3. The minimum Gasteiger partial charge on any atom is -0.352 e. The third-order valence-corrected chi connectivity index (χ3v) is 5.76. The number of aromatic nitrogens is 2. The third kappa shape index (κ3) is 4.32. The van der Waals surface area contributed by atoms with Crippen molar-refractivity contribution in [2.45, 2.75) is 13.8 Å². The quantitative estimate of drug-likeness (QED) is 0.589. The predicted molar refractivity (Wildman–Crippen MR) is 119 cm³/mol. The fourth-order valence-corrected chi connectivity index (χ4v) is 4.08. The SMILES string of the molecule is Cc1ccc(-c2ccc(N3CCN(C(=O)c4cccc(Br)c4)CC3)nn2)c(C)c1. The Kier molecular flexibility index (Phi) is 5.62. The lowest BCUT2D eigenvalue weighted by molar-refractivity contribution is 0.0746. The van der Waals surface area contributed by atoms with Crippen molar-refractivity contribution in [1.82, 2.24) is 15.1 Å². The molecule has 2 aromatic carbocycles. The Bertz CT molecular complexity index is 1030. The van der Waals surface area contributed by atoms with E-state index in [-0.39, 0.29) is 5.91 Å². The summed E-state index contributed by atoms with van der Waals surface area (Å²) in [6, 6.07) is 17.9. The molecule has 1 aliphatic heterocycles. The van der Waals surface area contributed by atoms with Crippen molar-refractivity contribution in [3.05, 3.63) is 75.8 Å². The van der Waals surface area contributed by atoms with Gasteiger partial charge in [0.15, 0.2) is 5.82 Å². The van der Waals surface area contributed by atoms with E-state index in [9.17, 15) is 4.79 Å². The lowest BCUT2D eigenvalue weighted by Gasteiger charge is -2.35. The van der Waals surface area contributed by atoms with Crippen LogP contribution >= 0.6 is 15.9 Å². The summed E-state index contributed by atoms with van der Waals surface area (Å²) in [5.41, 5.74) is 5.15. The van der Waals surface area contributed by atoms with Crippen molar-refractivity contribution in [2.24, 2.45) is 0 Å². The number of carbonyl (C=O) groups is 1. The number of carbonyl (C=O) groups excluding carboxylic acids is 1. The minimum absolute atomic E-state index is 0.0715. The molecule has 29 heavy (non-hydrogen) atoms. The maximum Gasteiger partial charge on any atom is 0.254 e. The molecule has 4 rings (SSSR count). The van der Waals surface area contributed by atoms with Crippen LogP contribution in [0.3, 0.4) is 0 Å². The maximum absolute atomic E-state index is 12.7. The second kappa shape index (κ2) is 8.33. The highest BCUT2D eigenvalue weighted by molar-refractivity contribution is 9.10. The largest absolute Gasteiger partial charge is 0.352 e. The zero-order valence-electron chi connectivity index (χ0n) is 16.6. The molecule has 1 amide bonds. The molecule has 0 atom stereocenters. The molecule has 1 saturated heterocycles. The zero-order valence-corrected chi connectivity index (χ0v) is 18.2. The van der Waals surface area contributed by atoms with E-state index >= 15 is 0 Å². The summed E-state index contributed by atoms with van der Waals surface area (Å²) < 4.78 is 0.918. The number of rotatable bonds is 3. The summed E-state index contributed by atoms with van der Waals surface area (Å²) in [4.78, 5) is 16.8. The molecule has 148 valence electrons. The molecule has 2 heterocycles. The molecule has 1 aromatic heterocycles. The summed E-state index contributed by atoms with van der Waals surface area (Å²) in [5.74, 6) is 0.926. The van der Waals surface area contributed by atoms with Crippen LogP contribution in [-0.4, -0.2) is 47.2 Å². The summed E-state index contributed by atoms with van der Waals surface area (Å²) >= 11 is 3.43. The molecule has 3 aromatic rings. The Morgan fingerprint density at radius 1 is 0.931 bits per heavy atom. The number of anilines is 1. The molecule has 5 nitrogen and oxygen atoms in total. The molecule has 0 unspecified atom stereocenters. The highest BCUT2D eigenvalue weighted by Crippen LogP contribution is 2.24. The van der Waals surface area contributed by atoms with E-state index in [2.05, 4.69) is 63.1 Å². The molecule has 0 bridgehead atoms. The van der Waals surface area contributed by atoms with Crippen LogP contribution < -0.4 is 4.90 Å².